The number of anilines is 1. The van der Waals surface area contributed by atoms with Crippen LogP contribution >= 0.6 is 11.3 Å². The van der Waals surface area contributed by atoms with Crippen LogP contribution in [0, 0.1) is 6.92 Å². The number of hydrogen-bond donors (Lipinski definition) is 2. The second-order valence-corrected chi connectivity index (χ2v) is 7.43. The first-order valence-corrected chi connectivity index (χ1v) is 9.46. The van der Waals surface area contributed by atoms with Crippen LogP contribution in [0.3, 0.4) is 0 Å². The minimum Gasteiger partial charge on any atom is -0.451 e. The van der Waals surface area contributed by atoms with Crippen molar-refractivity contribution in [3.63, 3.8) is 0 Å². The van der Waals surface area contributed by atoms with Gasteiger partial charge in [0.2, 0.25) is 0 Å². The van der Waals surface area contributed by atoms with Crippen molar-refractivity contribution >= 4 is 39.1 Å². The molecule has 2 aromatic heterocycles. The largest absolute Gasteiger partial charge is 0.451 e. The fraction of sp³-hybridized carbons (Fsp3) is 0.0952. The Labute approximate surface area is 165 Å². The van der Waals surface area contributed by atoms with Crippen molar-refractivity contribution in [2.75, 3.05) is 12.4 Å². The van der Waals surface area contributed by atoms with E-state index < -0.39 is 0 Å². The SMILES string of the molecule is CNC(=O)c1ccc(-c2cccc(C(=O)Nc3ccc4nc(C)sc4c3)c2)o1. The van der Waals surface area contributed by atoms with E-state index in [2.05, 4.69) is 15.6 Å². The third kappa shape index (κ3) is 3.52. The maximum absolute atomic E-state index is 12.7. The van der Waals surface area contributed by atoms with Gasteiger partial charge in [-0.05, 0) is 49.4 Å². The molecule has 0 unspecified atom stereocenters. The molecule has 140 valence electrons. The summed E-state index contributed by atoms with van der Waals surface area (Å²) in [7, 11) is 1.54. The summed E-state index contributed by atoms with van der Waals surface area (Å²) in [6.45, 7) is 1.96. The normalized spacial score (nSPS) is 10.8. The Kier molecular flexibility index (Phi) is 4.67. The number of nitrogens with one attached hydrogen (secondary N) is 2. The summed E-state index contributed by atoms with van der Waals surface area (Å²) in [5, 5.41) is 6.42. The van der Waals surface area contributed by atoms with Crippen LogP contribution in [0.25, 0.3) is 21.5 Å². The molecule has 2 N–H and O–H groups in total. The number of aromatic nitrogens is 1. The summed E-state index contributed by atoms with van der Waals surface area (Å²) in [6.07, 6.45) is 0. The van der Waals surface area contributed by atoms with Crippen molar-refractivity contribution in [3.8, 4) is 11.3 Å². The number of rotatable bonds is 4. The molecule has 6 nitrogen and oxygen atoms in total. The zero-order valence-electron chi connectivity index (χ0n) is 15.3. The number of fused-ring (bicyclic) bond motifs is 1. The number of thiazole rings is 1. The van der Waals surface area contributed by atoms with Gasteiger partial charge in [0.05, 0.1) is 15.2 Å². The second-order valence-electron chi connectivity index (χ2n) is 6.19. The van der Waals surface area contributed by atoms with Gasteiger partial charge in [-0.25, -0.2) is 4.98 Å². The zero-order valence-corrected chi connectivity index (χ0v) is 16.1. The molecule has 0 saturated carbocycles. The zero-order chi connectivity index (χ0) is 19.7. The fourth-order valence-corrected chi connectivity index (χ4v) is 3.74. The molecule has 0 fully saturated rings. The highest BCUT2D eigenvalue weighted by Gasteiger charge is 2.13. The minimum atomic E-state index is -0.297. The summed E-state index contributed by atoms with van der Waals surface area (Å²) >= 11 is 1.59. The van der Waals surface area contributed by atoms with Gasteiger partial charge in [0, 0.05) is 23.9 Å². The van der Waals surface area contributed by atoms with Gasteiger partial charge in [-0.2, -0.15) is 0 Å². The third-order valence-corrected chi connectivity index (χ3v) is 5.15. The molecule has 2 heterocycles. The molecular formula is C21H17N3O3S. The van der Waals surface area contributed by atoms with Gasteiger partial charge in [0.15, 0.2) is 5.76 Å². The van der Waals surface area contributed by atoms with Crippen molar-refractivity contribution in [2.24, 2.45) is 0 Å². The highest BCUT2D eigenvalue weighted by Crippen LogP contribution is 2.26. The Balaban J connectivity index is 1.56. The number of benzene rings is 2. The van der Waals surface area contributed by atoms with Gasteiger partial charge in [-0.1, -0.05) is 12.1 Å². The van der Waals surface area contributed by atoms with Gasteiger partial charge in [0.25, 0.3) is 11.8 Å². The number of carbonyl (C=O) groups excluding carboxylic acids is 2. The lowest BCUT2D eigenvalue weighted by molar-refractivity contribution is 0.0935. The smallest absolute Gasteiger partial charge is 0.286 e. The second kappa shape index (κ2) is 7.28. The molecule has 0 radical (unpaired) electrons. The number of aryl methyl sites for hydroxylation is 1. The number of amides is 2. The van der Waals surface area contributed by atoms with Crippen LogP contribution in [0.5, 0.6) is 0 Å². The molecule has 0 spiro atoms. The monoisotopic (exact) mass is 391 g/mol. The molecule has 2 aromatic carbocycles. The van der Waals surface area contributed by atoms with Crippen LogP contribution in [0.1, 0.15) is 25.9 Å². The maximum atomic E-state index is 12.7. The Morgan fingerprint density at radius 1 is 1.04 bits per heavy atom. The van der Waals surface area contributed by atoms with E-state index in [1.807, 2.05) is 31.2 Å². The molecule has 7 heteroatoms. The van der Waals surface area contributed by atoms with Gasteiger partial charge < -0.3 is 15.1 Å². The van der Waals surface area contributed by atoms with E-state index in [0.29, 0.717) is 17.0 Å². The molecule has 0 saturated heterocycles. The van der Waals surface area contributed by atoms with E-state index >= 15 is 0 Å². The van der Waals surface area contributed by atoms with Crippen LogP contribution in [-0.2, 0) is 0 Å². The number of carbonyl (C=O) groups is 2. The van der Waals surface area contributed by atoms with Crippen LogP contribution in [0.15, 0.2) is 59.0 Å². The van der Waals surface area contributed by atoms with E-state index in [9.17, 15) is 9.59 Å². The van der Waals surface area contributed by atoms with E-state index in [-0.39, 0.29) is 17.6 Å². The summed E-state index contributed by atoms with van der Waals surface area (Å²) in [6, 6.07) is 16.0. The van der Waals surface area contributed by atoms with Gasteiger partial charge >= 0.3 is 0 Å². The van der Waals surface area contributed by atoms with Crippen LogP contribution < -0.4 is 10.6 Å². The number of furan rings is 1. The highest BCUT2D eigenvalue weighted by molar-refractivity contribution is 7.18. The van der Waals surface area contributed by atoms with Crippen molar-refractivity contribution in [2.45, 2.75) is 6.92 Å². The standard InChI is InChI=1S/C21H17N3O3S/c1-12-23-16-7-6-15(11-19(16)28-12)24-20(25)14-5-3-4-13(10-14)17-8-9-18(27-17)21(26)22-2/h3-11H,1-2H3,(H,22,26)(H,24,25). The highest BCUT2D eigenvalue weighted by atomic mass is 32.1. The van der Waals surface area contributed by atoms with Crippen molar-refractivity contribution in [1.29, 1.82) is 0 Å². The minimum absolute atomic E-state index is 0.222. The van der Waals surface area contributed by atoms with Crippen LogP contribution in [-0.4, -0.2) is 23.8 Å². The Bertz CT molecular complexity index is 1190. The lowest BCUT2D eigenvalue weighted by atomic mass is 10.1. The first kappa shape index (κ1) is 17.9. The van der Waals surface area contributed by atoms with Crippen LogP contribution in [0.4, 0.5) is 5.69 Å². The van der Waals surface area contributed by atoms with E-state index in [1.165, 1.54) is 0 Å². The first-order valence-electron chi connectivity index (χ1n) is 8.64. The lowest BCUT2D eigenvalue weighted by Gasteiger charge is -2.06. The molecule has 28 heavy (non-hydrogen) atoms. The molecular weight excluding hydrogens is 374 g/mol. The van der Waals surface area contributed by atoms with Crippen molar-refractivity contribution in [3.05, 3.63) is 70.9 Å². The molecule has 2 amide bonds. The third-order valence-electron chi connectivity index (χ3n) is 4.22. The van der Waals surface area contributed by atoms with Crippen molar-refractivity contribution in [1.82, 2.24) is 10.3 Å². The quantitative estimate of drug-likeness (QED) is 0.537. The molecule has 4 aromatic rings. The summed E-state index contributed by atoms with van der Waals surface area (Å²) in [5.74, 6) is 0.227. The number of hydrogen-bond acceptors (Lipinski definition) is 5. The first-order chi connectivity index (χ1) is 13.5. The summed E-state index contributed by atoms with van der Waals surface area (Å²) in [5.41, 5.74) is 2.85. The van der Waals surface area contributed by atoms with Crippen molar-refractivity contribution < 1.29 is 14.0 Å². The molecule has 0 aliphatic carbocycles. The Hall–Kier alpha value is -3.45. The van der Waals surface area contributed by atoms with E-state index in [0.717, 1.165) is 20.8 Å². The molecule has 0 atom stereocenters. The molecule has 0 bridgehead atoms. The summed E-state index contributed by atoms with van der Waals surface area (Å²) in [4.78, 5) is 28.8. The average Bonchev–Trinajstić information content (AvgIpc) is 3.33. The predicted molar refractivity (Wildman–Crippen MR) is 110 cm³/mol. The van der Waals surface area contributed by atoms with Gasteiger partial charge in [0.1, 0.15) is 5.76 Å². The van der Waals surface area contributed by atoms with E-state index in [4.69, 9.17) is 4.42 Å². The molecule has 0 aliphatic heterocycles. The fourth-order valence-electron chi connectivity index (χ4n) is 2.87. The van der Waals surface area contributed by atoms with E-state index in [1.54, 1.807) is 48.7 Å². The number of nitrogens with zero attached hydrogens (tertiary/aromatic N) is 1. The topological polar surface area (TPSA) is 84.2 Å². The molecule has 4 rings (SSSR count). The predicted octanol–water partition coefficient (Wildman–Crippen LogP) is 4.48. The average molecular weight is 391 g/mol. The summed E-state index contributed by atoms with van der Waals surface area (Å²) < 4.78 is 6.61. The lowest BCUT2D eigenvalue weighted by Crippen LogP contribution is -2.16. The van der Waals surface area contributed by atoms with Crippen LogP contribution in [0.2, 0.25) is 0 Å². The molecule has 0 aliphatic rings. The van der Waals surface area contributed by atoms with Gasteiger partial charge in [-0.15, -0.1) is 11.3 Å². The Morgan fingerprint density at radius 2 is 1.89 bits per heavy atom. The Morgan fingerprint density at radius 3 is 2.71 bits per heavy atom. The maximum Gasteiger partial charge on any atom is 0.286 e. The van der Waals surface area contributed by atoms with Gasteiger partial charge in [-0.3, -0.25) is 9.59 Å².